The fourth-order valence-corrected chi connectivity index (χ4v) is 4.26. The SMILES string of the molecule is O=C(c1cccc(O)c1O)N1C[C@H]2CC[C@@H]1CN(Cc1ccccc1)C2. The Labute approximate surface area is 153 Å². The zero-order valence-electron chi connectivity index (χ0n) is 14.7. The lowest BCUT2D eigenvalue weighted by Crippen LogP contribution is -2.47. The van der Waals surface area contributed by atoms with Crippen molar-refractivity contribution in [2.24, 2.45) is 5.92 Å². The summed E-state index contributed by atoms with van der Waals surface area (Å²) in [7, 11) is 0. The highest BCUT2D eigenvalue weighted by Crippen LogP contribution is 2.34. The van der Waals surface area contributed by atoms with Crippen LogP contribution in [0.5, 0.6) is 11.5 Å². The molecule has 3 saturated heterocycles. The first-order chi connectivity index (χ1) is 12.6. The summed E-state index contributed by atoms with van der Waals surface area (Å²) in [5.41, 5.74) is 1.48. The number of carbonyl (C=O) groups excluding carboxylic acids is 1. The number of fused-ring (bicyclic) bond motifs is 4. The highest BCUT2D eigenvalue weighted by atomic mass is 16.3. The molecule has 2 aromatic carbocycles. The molecule has 3 fully saturated rings. The molecule has 0 saturated carbocycles. The second-order valence-corrected chi connectivity index (χ2v) is 7.41. The Bertz CT molecular complexity index is 793. The summed E-state index contributed by atoms with van der Waals surface area (Å²) in [5, 5.41) is 19.8. The number of amides is 1. The van der Waals surface area contributed by atoms with Gasteiger partial charge in [-0.1, -0.05) is 36.4 Å². The lowest BCUT2D eigenvalue weighted by Gasteiger charge is -2.36. The van der Waals surface area contributed by atoms with E-state index in [4.69, 9.17) is 0 Å². The number of piperidine rings is 1. The summed E-state index contributed by atoms with van der Waals surface area (Å²) in [6.45, 7) is 3.44. The molecular weight excluding hydrogens is 328 g/mol. The van der Waals surface area contributed by atoms with Crippen LogP contribution in [-0.4, -0.2) is 51.6 Å². The topological polar surface area (TPSA) is 64.0 Å². The Morgan fingerprint density at radius 1 is 0.962 bits per heavy atom. The van der Waals surface area contributed by atoms with Crippen LogP contribution in [0.3, 0.4) is 0 Å². The number of aromatic hydroxyl groups is 2. The van der Waals surface area contributed by atoms with Crippen LogP contribution < -0.4 is 0 Å². The molecule has 2 N–H and O–H groups in total. The van der Waals surface area contributed by atoms with Gasteiger partial charge in [0.2, 0.25) is 0 Å². The first-order valence-electron chi connectivity index (χ1n) is 9.20. The van der Waals surface area contributed by atoms with Crippen LogP contribution >= 0.6 is 0 Å². The van der Waals surface area contributed by atoms with Gasteiger partial charge >= 0.3 is 0 Å². The molecule has 1 amide bonds. The van der Waals surface area contributed by atoms with Crippen molar-refractivity contribution >= 4 is 5.91 Å². The molecule has 0 radical (unpaired) electrons. The molecular formula is C21H24N2O3. The van der Waals surface area contributed by atoms with E-state index in [-0.39, 0.29) is 29.0 Å². The van der Waals surface area contributed by atoms with Crippen LogP contribution in [0.15, 0.2) is 48.5 Å². The molecule has 3 aliphatic heterocycles. The number of carbonyl (C=O) groups is 1. The van der Waals surface area contributed by atoms with Gasteiger partial charge in [-0.3, -0.25) is 9.69 Å². The van der Waals surface area contributed by atoms with E-state index >= 15 is 0 Å². The molecule has 26 heavy (non-hydrogen) atoms. The number of hydrogen-bond acceptors (Lipinski definition) is 4. The number of benzene rings is 2. The maximum atomic E-state index is 13.0. The molecule has 2 aromatic rings. The number of phenolic OH excluding ortho intramolecular Hbond substituents is 2. The van der Waals surface area contributed by atoms with E-state index in [1.54, 1.807) is 12.1 Å². The van der Waals surface area contributed by atoms with Crippen molar-refractivity contribution in [3.8, 4) is 11.5 Å². The van der Waals surface area contributed by atoms with Crippen molar-refractivity contribution in [1.29, 1.82) is 0 Å². The van der Waals surface area contributed by atoms with Gasteiger partial charge in [0.05, 0.1) is 5.56 Å². The van der Waals surface area contributed by atoms with Crippen LogP contribution in [-0.2, 0) is 6.54 Å². The van der Waals surface area contributed by atoms with Gasteiger partial charge in [-0.05, 0) is 36.5 Å². The Morgan fingerprint density at radius 3 is 2.58 bits per heavy atom. The van der Waals surface area contributed by atoms with E-state index in [0.717, 1.165) is 32.5 Å². The number of nitrogens with zero attached hydrogens (tertiary/aromatic N) is 2. The standard InChI is InChI=1S/C21H24N2O3/c24-19-8-4-7-18(20(19)25)21(26)23-13-16-9-10-17(23)14-22(12-16)11-15-5-2-1-3-6-15/h1-8,16-17,24-25H,9-14H2/t16-,17+/m0/s1. The van der Waals surface area contributed by atoms with Gasteiger partial charge in [0.1, 0.15) is 0 Å². The van der Waals surface area contributed by atoms with E-state index in [2.05, 4.69) is 29.2 Å². The largest absolute Gasteiger partial charge is 0.504 e. The van der Waals surface area contributed by atoms with Crippen molar-refractivity contribution in [1.82, 2.24) is 9.80 Å². The van der Waals surface area contributed by atoms with Crippen LogP contribution in [0.25, 0.3) is 0 Å². The highest BCUT2D eigenvalue weighted by Gasteiger charge is 2.38. The smallest absolute Gasteiger partial charge is 0.258 e. The van der Waals surface area contributed by atoms with Gasteiger partial charge in [-0.25, -0.2) is 0 Å². The third kappa shape index (κ3) is 3.27. The average Bonchev–Trinajstić information content (AvgIpc) is 2.95. The summed E-state index contributed by atoms with van der Waals surface area (Å²) in [6, 6.07) is 15.1. The van der Waals surface area contributed by atoms with Crippen molar-refractivity contribution < 1.29 is 15.0 Å². The third-order valence-corrected chi connectivity index (χ3v) is 5.54. The molecule has 5 nitrogen and oxygen atoms in total. The molecule has 5 rings (SSSR count). The summed E-state index contributed by atoms with van der Waals surface area (Å²) in [5.74, 6) is -0.309. The maximum absolute atomic E-state index is 13.0. The van der Waals surface area contributed by atoms with Gasteiger partial charge in [0, 0.05) is 32.2 Å². The van der Waals surface area contributed by atoms with Crippen LogP contribution in [0.4, 0.5) is 0 Å². The minimum Gasteiger partial charge on any atom is -0.504 e. The Kier molecular flexibility index (Phi) is 4.55. The normalized spacial score (nSPS) is 23.0. The molecule has 3 heterocycles. The number of phenols is 2. The Hall–Kier alpha value is -2.53. The number of para-hydroxylation sites is 1. The first-order valence-corrected chi connectivity index (χ1v) is 9.20. The van der Waals surface area contributed by atoms with Crippen molar-refractivity contribution in [3.63, 3.8) is 0 Å². The van der Waals surface area contributed by atoms with Gasteiger partial charge < -0.3 is 15.1 Å². The maximum Gasteiger partial charge on any atom is 0.258 e. The van der Waals surface area contributed by atoms with E-state index in [1.165, 1.54) is 11.6 Å². The van der Waals surface area contributed by atoms with Gasteiger partial charge in [-0.15, -0.1) is 0 Å². The molecule has 3 aliphatic rings. The quantitative estimate of drug-likeness (QED) is 0.834. The molecule has 2 bridgehead atoms. The number of hydrogen-bond donors (Lipinski definition) is 2. The predicted octanol–water partition coefficient (Wildman–Crippen LogP) is 2.83. The third-order valence-electron chi connectivity index (χ3n) is 5.54. The van der Waals surface area contributed by atoms with Gasteiger partial charge in [-0.2, -0.15) is 0 Å². The van der Waals surface area contributed by atoms with Gasteiger partial charge in [0.25, 0.3) is 5.91 Å². The second kappa shape index (κ2) is 7.00. The molecule has 0 aromatic heterocycles. The summed E-state index contributed by atoms with van der Waals surface area (Å²) < 4.78 is 0. The first kappa shape index (κ1) is 16.9. The molecule has 0 spiro atoms. The van der Waals surface area contributed by atoms with E-state index in [9.17, 15) is 15.0 Å². The highest BCUT2D eigenvalue weighted by molar-refractivity contribution is 5.97. The lowest BCUT2D eigenvalue weighted by atomic mass is 9.94. The second-order valence-electron chi connectivity index (χ2n) is 7.41. The summed E-state index contributed by atoms with van der Waals surface area (Å²) in [4.78, 5) is 17.4. The average molecular weight is 352 g/mol. The molecule has 0 aliphatic carbocycles. The zero-order chi connectivity index (χ0) is 18.1. The monoisotopic (exact) mass is 352 g/mol. The van der Waals surface area contributed by atoms with E-state index < -0.39 is 0 Å². The van der Waals surface area contributed by atoms with Crippen LogP contribution in [0.1, 0.15) is 28.8 Å². The van der Waals surface area contributed by atoms with Crippen molar-refractivity contribution in [3.05, 3.63) is 59.7 Å². The summed E-state index contributed by atoms with van der Waals surface area (Å²) in [6.07, 6.45) is 2.12. The molecule has 5 heteroatoms. The van der Waals surface area contributed by atoms with Crippen LogP contribution in [0.2, 0.25) is 0 Å². The summed E-state index contributed by atoms with van der Waals surface area (Å²) >= 11 is 0. The van der Waals surface area contributed by atoms with Crippen LogP contribution in [0, 0.1) is 5.92 Å². The van der Waals surface area contributed by atoms with Crippen molar-refractivity contribution in [2.45, 2.75) is 25.4 Å². The number of rotatable bonds is 3. The fraction of sp³-hybridized carbons (Fsp3) is 0.381. The van der Waals surface area contributed by atoms with E-state index in [0.29, 0.717) is 12.5 Å². The molecule has 2 atom stereocenters. The lowest BCUT2D eigenvalue weighted by molar-refractivity contribution is 0.0581. The Morgan fingerprint density at radius 2 is 1.77 bits per heavy atom. The van der Waals surface area contributed by atoms with Gasteiger partial charge in [0.15, 0.2) is 11.5 Å². The molecule has 0 unspecified atom stereocenters. The van der Waals surface area contributed by atoms with E-state index in [1.807, 2.05) is 11.0 Å². The zero-order valence-corrected chi connectivity index (χ0v) is 14.7. The van der Waals surface area contributed by atoms with Crippen molar-refractivity contribution in [2.75, 3.05) is 19.6 Å². The minimum atomic E-state index is -0.321. The Balaban J connectivity index is 1.53. The minimum absolute atomic E-state index is 0.145. The molecule has 136 valence electrons. The fourth-order valence-electron chi connectivity index (χ4n) is 4.26. The predicted molar refractivity (Wildman–Crippen MR) is 99.0 cm³/mol.